The van der Waals surface area contributed by atoms with Gasteiger partial charge in [0.1, 0.15) is 23.9 Å². The summed E-state index contributed by atoms with van der Waals surface area (Å²) in [6, 6.07) is 0.0241. The number of rotatable bonds is 2. The third-order valence-corrected chi connectivity index (χ3v) is 5.36. The third-order valence-electron chi connectivity index (χ3n) is 4.43. The number of hydrogen-bond donors (Lipinski definition) is 0. The molecule has 0 radical (unpaired) electrons. The van der Waals surface area contributed by atoms with E-state index in [0.29, 0.717) is 29.6 Å². The summed E-state index contributed by atoms with van der Waals surface area (Å²) in [5.74, 6) is 2.07. The number of aryl methyl sites for hydroxylation is 2. The van der Waals surface area contributed by atoms with Crippen molar-refractivity contribution in [3.8, 4) is 11.5 Å². The quantitative estimate of drug-likeness (QED) is 0.844. The molecule has 7 heteroatoms. The van der Waals surface area contributed by atoms with Gasteiger partial charge in [-0.05, 0) is 26.7 Å². The Morgan fingerprint density at radius 1 is 1.35 bits per heavy atom. The molecule has 0 spiro atoms. The first-order valence-electron chi connectivity index (χ1n) is 7.77. The van der Waals surface area contributed by atoms with Gasteiger partial charge in [-0.25, -0.2) is 0 Å². The van der Waals surface area contributed by atoms with E-state index in [0.717, 1.165) is 36.4 Å². The van der Waals surface area contributed by atoms with Crippen LogP contribution in [0.5, 0.6) is 11.5 Å². The van der Waals surface area contributed by atoms with Gasteiger partial charge in [0.2, 0.25) is 0 Å². The first kappa shape index (κ1) is 14.6. The van der Waals surface area contributed by atoms with Crippen molar-refractivity contribution in [2.24, 2.45) is 0 Å². The molecule has 2 aliphatic rings. The summed E-state index contributed by atoms with van der Waals surface area (Å²) >= 11 is 1.39. The first-order valence-corrected chi connectivity index (χ1v) is 8.65. The van der Waals surface area contributed by atoms with Gasteiger partial charge in [0, 0.05) is 17.5 Å². The molecule has 0 bridgehead atoms. The van der Waals surface area contributed by atoms with Gasteiger partial charge >= 0.3 is 0 Å². The predicted molar refractivity (Wildman–Crippen MR) is 84.3 cm³/mol. The van der Waals surface area contributed by atoms with Gasteiger partial charge in [-0.15, -0.1) is 11.3 Å². The Balaban J connectivity index is 1.67. The highest BCUT2D eigenvalue weighted by Crippen LogP contribution is 2.43. The molecular weight excluding hydrogens is 316 g/mol. The molecule has 0 N–H and O–H groups in total. The van der Waals surface area contributed by atoms with Crippen LogP contribution in [0.25, 0.3) is 0 Å². The van der Waals surface area contributed by atoms with Crippen LogP contribution in [0.15, 0.2) is 9.90 Å². The molecule has 0 saturated carbocycles. The lowest BCUT2D eigenvalue weighted by molar-refractivity contribution is 0.0731. The zero-order valence-corrected chi connectivity index (χ0v) is 13.9. The Kier molecular flexibility index (Phi) is 3.52. The Hall–Kier alpha value is -2.02. The SMILES string of the molecule is Cc1noc(C)c1C1CCCN1C(=O)c1scc2c1OCCO2. The lowest BCUT2D eigenvalue weighted by atomic mass is 10.0. The molecule has 1 saturated heterocycles. The van der Waals surface area contributed by atoms with E-state index in [1.807, 2.05) is 24.1 Å². The van der Waals surface area contributed by atoms with Gasteiger partial charge in [0.15, 0.2) is 11.5 Å². The summed E-state index contributed by atoms with van der Waals surface area (Å²) in [6.07, 6.45) is 1.91. The second kappa shape index (κ2) is 5.56. The highest BCUT2D eigenvalue weighted by Gasteiger charge is 2.36. The van der Waals surface area contributed by atoms with Crippen LogP contribution in [-0.2, 0) is 0 Å². The zero-order chi connectivity index (χ0) is 16.0. The van der Waals surface area contributed by atoms with Crippen molar-refractivity contribution in [1.82, 2.24) is 10.1 Å². The summed E-state index contributed by atoms with van der Waals surface area (Å²) in [6.45, 7) is 5.58. The number of thiophene rings is 1. The molecule has 1 fully saturated rings. The van der Waals surface area contributed by atoms with Crippen molar-refractivity contribution >= 4 is 17.2 Å². The number of ether oxygens (including phenoxy) is 2. The number of hydrogen-bond acceptors (Lipinski definition) is 6. The number of nitrogens with zero attached hydrogens (tertiary/aromatic N) is 2. The van der Waals surface area contributed by atoms with E-state index in [9.17, 15) is 4.79 Å². The van der Waals surface area contributed by atoms with E-state index >= 15 is 0 Å². The molecule has 1 atom stereocenters. The van der Waals surface area contributed by atoms with E-state index in [1.54, 1.807) is 0 Å². The second-order valence-corrected chi connectivity index (χ2v) is 6.73. The fourth-order valence-electron chi connectivity index (χ4n) is 3.42. The van der Waals surface area contributed by atoms with Crippen molar-refractivity contribution in [2.75, 3.05) is 19.8 Å². The molecule has 1 unspecified atom stereocenters. The van der Waals surface area contributed by atoms with Crippen molar-refractivity contribution in [3.05, 3.63) is 27.3 Å². The molecule has 1 amide bonds. The van der Waals surface area contributed by atoms with Crippen LogP contribution >= 0.6 is 11.3 Å². The largest absolute Gasteiger partial charge is 0.485 e. The Labute approximate surface area is 138 Å². The van der Waals surface area contributed by atoms with Gasteiger partial charge in [0.25, 0.3) is 5.91 Å². The standard InChI is InChI=1S/C16H18N2O4S/c1-9-13(10(2)22-17-9)11-4-3-5-18(11)16(19)15-14-12(8-23-15)20-6-7-21-14/h8,11H,3-7H2,1-2H3. The normalized spacial score (nSPS) is 20.1. The third kappa shape index (κ3) is 2.30. The van der Waals surface area contributed by atoms with Crippen LogP contribution in [0.4, 0.5) is 0 Å². The predicted octanol–water partition coefficient (Wildman–Crippen LogP) is 3.10. The zero-order valence-electron chi connectivity index (χ0n) is 13.1. The number of fused-ring (bicyclic) bond motifs is 1. The minimum absolute atomic E-state index is 0.00394. The molecule has 23 heavy (non-hydrogen) atoms. The lowest BCUT2D eigenvalue weighted by Crippen LogP contribution is -2.31. The summed E-state index contributed by atoms with van der Waals surface area (Å²) in [5.41, 5.74) is 1.90. The molecule has 122 valence electrons. The average molecular weight is 334 g/mol. The van der Waals surface area contributed by atoms with Crippen molar-refractivity contribution in [2.45, 2.75) is 32.7 Å². The summed E-state index contributed by atoms with van der Waals surface area (Å²) < 4.78 is 16.5. The minimum atomic E-state index is 0.00394. The maximum Gasteiger partial charge on any atom is 0.268 e. The first-order chi connectivity index (χ1) is 11.2. The molecule has 2 aliphatic heterocycles. The van der Waals surface area contributed by atoms with Gasteiger partial charge in [-0.1, -0.05) is 5.16 Å². The molecule has 6 nitrogen and oxygen atoms in total. The molecular formula is C16H18N2O4S. The number of amides is 1. The van der Waals surface area contributed by atoms with E-state index in [4.69, 9.17) is 14.0 Å². The molecule has 2 aromatic rings. The van der Waals surface area contributed by atoms with Gasteiger partial charge in [-0.2, -0.15) is 0 Å². The summed E-state index contributed by atoms with van der Waals surface area (Å²) in [7, 11) is 0. The van der Waals surface area contributed by atoms with Crippen LogP contribution < -0.4 is 9.47 Å². The maximum atomic E-state index is 13.1. The van der Waals surface area contributed by atoms with Crippen LogP contribution in [0.3, 0.4) is 0 Å². The fourth-order valence-corrected chi connectivity index (χ4v) is 4.30. The van der Waals surface area contributed by atoms with E-state index in [-0.39, 0.29) is 11.9 Å². The van der Waals surface area contributed by atoms with Crippen molar-refractivity contribution in [1.29, 1.82) is 0 Å². The highest BCUT2D eigenvalue weighted by molar-refractivity contribution is 7.12. The van der Waals surface area contributed by atoms with Crippen LogP contribution in [-0.4, -0.2) is 35.7 Å². The molecule has 4 heterocycles. The second-order valence-electron chi connectivity index (χ2n) is 5.85. The van der Waals surface area contributed by atoms with Crippen LogP contribution in [0.2, 0.25) is 0 Å². The smallest absolute Gasteiger partial charge is 0.268 e. The maximum absolute atomic E-state index is 13.1. The highest BCUT2D eigenvalue weighted by atomic mass is 32.1. The molecule has 0 aliphatic carbocycles. The number of carbonyl (C=O) groups excluding carboxylic acids is 1. The van der Waals surface area contributed by atoms with Gasteiger partial charge in [-0.3, -0.25) is 4.79 Å². The van der Waals surface area contributed by atoms with Crippen molar-refractivity contribution < 1.29 is 18.8 Å². The van der Waals surface area contributed by atoms with Gasteiger partial charge < -0.3 is 18.9 Å². The Morgan fingerprint density at radius 3 is 2.96 bits per heavy atom. The molecule has 4 rings (SSSR count). The Bertz CT molecular complexity index is 732. The van der Waals surface area contributed by atoms with E-state index < -0.39 is 0 Å². The monoisotopic (exact) mass is 334 g/mol. The average Bonchev–Trinajstić information content (AvgIpc) is 3.25. The number of carbonyl (C=O) groups is 1. The number of likely N-dealkylation sites (tertiary alicyclic amines) is 1. The minimum Gasteiger partial charge on any atom is -0.485 e. The van der Waals surface area contributed by atoms with E-state index in [1.165, 1.54) is 11.3 Å². The number of aromatic nitrogens is 1. The lowest BCUT2D eigenvalue weighted by Gasteiger charge is -2.25. The molecule has 2 aromatic heterocycles. The Morgan fingerprint density at radius 2 is 2.17 bits per heavy atom. The molecule has 0 aromatic carbocycles. The van der Waals surface area contributed by atoms with E-state index in [2.05, 4.69) is 5.16 Å². The summed E-state index contributed by atoms with van der Waals surface area (Å²) in [4.78, 5) is 15.6. The van der Waals surface area contributed by atoms with Gasteiger partial charge in [0.05, 0.1) is 11.7 Å². The topological polar surface area (TPSA) is 64.8 Å². The summed E-state index contributed by atoms with van der Waals surface area (Å²) in [5, 5.41) is 5.88. The van der Waals surface area contributed by atoms with Crippen LogP contribution in [0.1, 0.15) is 45.6 Å². The van der Waals surface area contributed by atoms with Crippen molar-refractivity contribution in [3.63, 3.8) is 0 Å². The fraction of sp³-hybridized carbons (Fsp3) is 0.500. The van der Waals surface area contributed by atoms with Crippen LogP contribution in [0, 0.1) is 13.8 Å².